The Morgan fingerprint density at radius 3 is 2.54 bits per heavy atom. The fraction of sp³-hybridized carbons (Fsp3) is 0.500. The Hall–Kier alpha value is -2.37. The molecule has 0 spiro atoms. The molecule has 6 nitrogen and oxygen atoms in total. The second-order valence-corrected chi connectivity index (χ2v) is 6.34. The van der Waals surface area contributed by atoms with Gasteiger partial charge >= 0.3 is 0 Å². The zero-order valence-corrected chi connectivity index (χ0v) is 13.8. The maximum atomic E-state index is 12.4. The van der Waals surface area contributed by atoms with Crippen molar-refractivity contribution in [1.82, 2.24) is 4.90 Å². The van der Waals surface area contributed by atoms with E-state index in [2.05, 4.69) is 5.32 Å². The molecule has 0 unspecified atom stereocenters. The molecule has 2 aliphatic rings. The Morgan fingerprint density at radius 1 is 0.958 bits per heavy atom. The average molecular weight is 329 g/mol. The molecular formula is C18H23N3O3. The molecule has 0 radical (unpaired) electrons. The number of carbonyl (C=O) groups excluding carboxylic acids is 3. The molecule has 3 rings (SSSR count). The van der Waals surface area contributed by atoms with Gasteiger partial charge in [-0.05, 0) is 31.4 Å². The summed E-state index contributed by atoms with van der Waals surface area (Å²) in [6.07, 6.45) is 4.78. The quantitative estimate of drug-likeness (QED) is 0.920. The highest BCUT2D eigenvalue weighted by Crippen LogP contribution is 2.29. The fourth-order valence-corrected chi connectivity index (χ4v) is 3.29. The van der Waals surface area contributed by atoms with Crippen LogP contribution < -0.4 is 10.2 Å². The minimum atomic E-state index is -0.218. The van der Waals surface area contributed by atoms with Gasteiger partial charge in [-0.1, -0.05) is 18.6 Å². The number of anilines is 2. The van der Waals surface area contributed by atoms with Gasteiger partial charge in [0.2, 0.25) is 17.7 Å². The average Bonchev–Trinajstić information content (AvgIpc) is 2.89. The second kappa shape index (κ2) is 7.47. The van der Waals surface area contributed by atoms with E-state index in [0.29, 0.717) is 31.6 Å². The third kappa shape index (κ3) is 3.75. The first-order valence-electron chi connectivity index (χ1n) is 8.62. The van der Waals surface area contributed by atoms with Crippen LogP contribution in [0.4, 0.5) is 11.4 Å². The van der Waals surface area contributed by atoms with Crippen molar-refractivity contribution in [2.24, 2.45) is 0 Å². The van der Waals surface area contributed by atoms with Gasteiger partial charge in [0.1, 0.15) is 0 Å². The summed E-state index contributed by atoms with van der Waals surface area (Å²) in [5, 5.41) is 2.87. The Bertz CT molecular complexity index is 644. The molecule has 2 fully saturated rings. The third-order valence-electron chi connectivity index (χ3n) is 4.55. The van der Waals surface area contributed by atoms with Gasteiger partial charge in [-0.3, -0.25) is 14.4 Å². The zero-order valence-electron chi connectivity index (χ0n) is 13.8. The molecule has 0 atom stereocenters. The van der Waals surface area contributed by atoms with Gasteiger partial charge in [0.15, 0.2) is 0 Å². The van der Waals surface area contributed by atoms with Gasteiger partial charge < -0.3 is 15.1 Å². The van der Waals surface area contributed by atoms with Crippen molar-refractivity contribution in [3.63, 3.8) is 0 Å². The van der Waals surface area contributed by atoms with E-state index in [1.807, 2.05) is 18.2 Å². The Labute approximate surface area is 141 Å². The largest absolute Gasteiger partial charge is 0.333 e. The van der Waals surface area contributed by atoms with Gasteiger partial charge in [0, 0.05) is 25.9 Å². The summed E-state index contributed by atoms with van der Waals surface area (Å²) in [5.74, 6) is -0.0885. The lowest BCUT2D eigenvalue weighted by molar-refractivity contribution is -0.134. The van der Waals surface area contributed by atoms with E-state index in [-0.39, 0.29) is 24.3 Å². The van der Waals surface area contributed by atoms with Crippen LogP contribution in [0.3, 0.4) is 0 Å². The molecule has 6 heteroatoms. The van der Waals surface area contributed by atoms with Gasteiger partial charge in [0.05, 0.1) is 17.9 Å². The number of benzene rings is 1. The normalized spacial score (nSPS) is 18.7. The number of para-hydroxylation sites is 2. The molecule has 1 aromatic carbocycles. The van der Waals surface area contributed by atoms with Crippen molar-refractivity contribution in [2.75, 3.05) is 29.9 Å². The van der Waals surface area contributed by atoms with E-state index in [9.17, 15) is 14.4 Å². The van der Waals surface area contributed by atoms with Crippen LogP contribution >= 0.6 is 0 Å². The van der Waals surface area contributed by atoms with E-state index in [4.69, 9.17) is 0 Å². The van der Waals surface area contributed by atoms with Crippen molar-refractivity contribution in [2.45, 2.75) is 38.5 Å². The van der Waals surface area contributed by atoms with E-state index < -0.39 is 0 Å². The number of hydrogen-bond acceptors (Lipinski definition) is 3. The summed E-state index contributed by atoms with van der Waals surface area (Å²) in [7, 11) is 0. The molecule has 3 amide bonds. The molecule has 24 heavy (non-hydrogen) atoms. The van der Waals surface area contributed by atoms with Crippen LogP contribution in [0.25, 0.3) is 0 Å². The van der Waals surface area contributed by atoms with Gasteiger partial charge in [0.25, 0.3) is 0 Å². The van der Waals surface area contributed by atoms with Gasteiger partial charge in [-0.25, -0.2) is 0 Å². The fourth-order valence-electron chi connectivity index (χ4n) is 3.29. The minimum Gasteiger partial charge on any atom is -0.333 e. The monoisotopic (exact) mass is 329 g/mol. The number of nitrogens with one attached hydrogen (secondary N) is 1. The molecule has 2 aliphatic heterocycles. The van der Waals surface area contributed by atoms with Crippen molar-refractivity contribution in [3.8, 4) is 0 Å². The van der Waals surface area contributed by atoms with Crippen LogP contribution in [0.5, 0.6) is 0 Å². The molecule has 128 valence electrons. The summed E-state index contributed by atoms with van der Waals surface area (Å²) in [6, 6.07) is 7.32. The highest BCUT2D eigenvalue weighted by Gasteiger charge is 2.25. The van der Waals surface area contributed by atoms with E-state index >= 15 is 0 Å². The van der Waals surface area contributed by atoms with Crippen LogP contribution in [0, 0.1) is 0 Å². The van der Waals surface area contributed by atoms with Crippen molar-refractivity contribution in [1.29, 1.82) is 0 Å². The molecule has 0 saturated carbocycles. The minimum absolute atomic E-state index is 0.0469. The maximum Gasteiger partial charge on any atom is 0.244 e. The molecule has 2 saturated heterocycles. The first-order valence-corrected chi connectivity index (χ1v) is 8.62. The van der Waals surface area contributed by atoms with Crippen LogP contribution in [0.1, 0.15) is 38.5 Å². The molecule has 0 bridgehead atoms. The van der Waals surface area contributed by atoms with Crippen LogP contribution in [0.2, 0.25) is 0 Å². The maximum absolute atomic E-state index is 12.4. The van der Waals surface area contributed by atoms with Crippen molar-refractivity contribution >= 4 is 29.1 Å². The number of likely N-dealkylation sites (tertiary alicyclic amines) is 1. The zero-order chi connectivity index (χ0) is 16.9. The van der Waals surface area contributed by atoms with Crippen molar-refractivity contribution in [3.05, 3.63) is 24.3 Å². The molecule has 1 N–H and O–H groups in total. The van der Waals surface area contributed by atoms with E-state index in [1.165, 1.54) is 0 Å². The molecule has 2 heterocycles. The summed E-state index contributed by atoms with van der Waals surface area (Å²) in [5.41, 5.74) is 1.36. The van der Waals surface area contributed by atoms with Gasteiger partial charge in [-0.2, -0.15) is 0 Å². The van der Waals surface area contributed by atoms with Crippen LogP contribution in [0.15, 0.2) is 24.3 Å². The SMILES string of the molecule is O=C(CN1CCCCCC1=O)Nc1ccccc1N1CCCC1=O. The standard InChI is InChI=1S/C18H23N3O3/c22-16(13-20-11-5-1-2-9-17(20)23)19-14-7-3-4-8-15(14)21-12-6-10-18(21)24/h3-4,7-8H,1-2,5-6,9-13H2,(H,19,22). The lowest BCUT2D eigenvalue weighted by Gasteiger charge is -2.22. The molecular weight excluding hydrogens is 306 g/mol. The number of amides is 3. The predicted molar refractivity (Wildman–Crippen MR) is 91.7 cm³/mol. The number of carbonyl (C=O) groups is 3. The van der Waals surface area contributed by atoms with Crippen LogP contribution in [-0.2, 0) is 14.4 Å². The Balaban J connectivity index is 1.68. The molecule has 1 aromatic rings. The summed E-state index contributed by atoms with van der Waals surface area (Å²) in [6.45, 7) is 1.38. The Kier molecular flexibility index (Phi) is 5.13. The first kappa shape index (κ1) is 16.5. The predicted octanol–water partition coefficient (Wildman–Crippen LogP) is 2.15. The summed E-state index contributed by atoms with van der Waals surface area (Å²) < 4.78 is 0. The second-order valence-electron chi connectivity index (χ2n) is 6.34. The summed E-state index contributed by atoms with van der Waals surface area (Å²) in [4.78, 5) is 39.7. The highest BCUT2D eigenvalue weighted by molar-refractivity contribution is 6.02. The smallest absolute Gasteiger partial charge is 0.244 e. The third-order valence-corrected chi connectivity index (χ3v) is 4.55. The highest BCUT2D eigenvalue weighted by atomic mass is 16.2. The lowest BCUT2D eigenvalue weighted by Crippen LogP contribution is -2.37. The first-order chi connectivity index (χ1) is 11.6. The molecule has 0 aromatic heterocycles. The lowest BCUT2D eigenvalue weighted by atomic mass is 10.2. The van der Waals surface area contributed by atoms with E-state index in [1.54, 1.807) is 15.9 Å². The topological polar surface area (TPSA) is 69.7 Å². The molecule has 0 aliphatic carbocycles. The van der Waals surface area contributed by atoms with Crippen LogP contribution in [-0.4, -0.2) is 42.3 Å². The summed E-state index contributed by atoms with van der Waals surface area (Å²) >= 11 is 0. The van der Waals surface area contributed by atoms with E-state index in [0.717, 1.165) is 31.4 Å². The Morgan fingerprint density at radius 2 is 1.75 bits per heavy atom. The number of hydrogen-bond donors (Lipinski definition) is 1. The van der Waals surface area contributed by atoms with Gasteiger partial charge in [-0.15, -0.1) is 0 Å². The van der Waals surface area contributed by atoms with Crippen molar-refractivity contribution < 1.29 is 14.4 Å². The number of nitrogens with zero attached hydrogens (tertiary/aromatic N) is 2. The number of rotatable bonds is 4.